The van der Waals surface area contributed by atoms with Gasteiger partial charge in [0.15, 0.2) is 0 Å². The Hall–Kier alpha value is -2.41. The molecule has 1 amide bonds. The van der Waals surface area contributed by atoms with E-state index in [1.54, 1.807) is 17.0 Å². The van der Waals surface area contributed by atoms with Crippen molar-refractivity contribution in [2.24, 2.45) is 5.92 Å². The summed E-state index contributed by atoms with van der Waals surface area (Å²) in [6.07, 6.45) is 1.52. The SMILES string of the molecule is COc1cc(C(=O)N2C[C@@H](Cc3cc(C)no3)[C@H](O)C2)ccn1. The van der Waals surface area contributed by atoms with Gasteiger partial charge in [-0.05, 0) is 13.0 Å². The topological polar surface area (TPSA) is 88.7 Å². The lowest BCUT2D eigenvalue weighted by Gasteiger charge is -2.16. The largest absolute Gasteiger partial charge is 0.481 e. The number of aromatic nitrogens is 2. The summed E-state index contributed by atoms with van der Waals surface area (Å²) in [5, 5.41) is 14.1. The van der Waals surface area contributed by atoms with E-state index in [1.807, 2.05) is 13.0 Å². The molecule has 7 nitrogen and oxygen atoms in total. The molecule has 0 saturated carbocycles. The highest BCUT2D eigenvalue weighted by Gasteiger charge is 2.35. The molecule has 23 heavy (non-hydrogen) atoms. The van der Waals surface area contributed by atoms with Gasteiger partial charge in [-0.25, -0.2) is 4.98 Å². The van der Waals surface area contributed by atoms with Crippen molar-refractivity contribution in [2.45, 2.75) is 19.4 Å². The number of likely N-dealkylation sites (tertiary alicyclic amines) is 1. The Kier molecular flexibility index (Phi) is 4.29. The number of amides is 1. The van der Waals surface area contributed by atoms with Crippen LogP contribution in [0.1, 0.15) is 21.8 Å². The third-order valence-electron chi connectivity index (χ3n) is 4.02. The van der Waals surface area contributed by atoms with Gasteiger partial charge in [-0.15, -0.1) is 0 Å². The fourth-order valence-electron chi connectivity index (χ4n) is 2.83. The summed E-state index contributed by atoms with van der Waals surface area (Å²) >= 11 is 0. The maximum atomic E-state index is 12.6. The highest BCUT2D eigenvalue weighted by molar-refractivity contribution is 5.94. The normalized spacial score (nSPS) is 20.7. The third kappa shape index (κ3) is 3.34. The molecule has 0 aromatic carbocycles. The molecule has 122 valence electrons. The summed E-state index contributed by atoms with van der Waals surface area (Å²) in [6, 6.07) is 5.09. The summed E-state index contributed by atoms with van der Waals surface area (Å²) in [7, 11) is 1.51. The summed E-state index contributed by atoms with van der Waals surface area (Å²) in [4.78, 5) is 18.2. The Morgan fingerprint density at radius 3 is 3.00 bits per heavy atom. The second kappa shape index (κ2) is 6.37. The molecule has 1 fully saturated rings. The fraction of sp³-hybridized carbons (Fsp3) is 0.438. The molecule has 1 aliphatic heterocycles. The van der Waals surface area contributed by atoms with Crippen molar-refractivity contribution in [3.8, 4) is 5.88 Å². The number of aliphatic hydroxyl groups excluding tert-OH is 1. The lowest BCUT2D eigenvalue weighted by atomic mass is 10.0. The number of pyridine rings is 1. The van der Waals surface area contributed by atoms with Crippen LogP contribution in [0.3, 0.4) is 0 Å². The van der Waals surface area contributed by atoms with E-state index in [0.29, 0.717) is 31.0 Å². The van der Waals surface area contributed by atoms with Crippen LogP contribution in [-0.4, -0.2) is 52.4 Å². The van der Waals surface area contributed by atoms with Crippen molar-refractivity contribution in [1.82, 2.24) is 15.0 Å². The number of aliphatic hydroxyl groups is 1. The lowest BCUT2D eigenvalue weighted by molar-refractivity contribution is 0.0764. The highest BCUT2D eigenvalue weighted by atomic mass is 16.5. The number of carbonyl (C=O) groups is 1. The smallest absolute Gasteiger partial charge is 0.254 e. The zero-order valence-corrected chi connectivity index (χ0v) is 13.1. The molecule has 1 saturated heterocycles. The van der Waals surface area contributed by atoms with Crippen LogP contribution in [0.15, 0.2) is 28.9 Å². The van der Waals surface area contributed by atoms with E-state index in [-0.39, 0.29) is 11.8 Å². The number of rotatable bonds is 4. The van der Waals surface area contributed by atoms with Gasteiger partial charge >= 0.3 is 0 Å². The summed E-state index contributed by atoms with van der Waals surface area (Å²) in [6.45, 7) is 2.64. The van der Waals surface area contributed by atoms with E-state index in [4.69, 9.17) is 9.26 Å². The van der Waals surface area contributed by atoms with Crippen LogP contribution in [-0.2, 0) is 6.42 Å². The van der Waals surface area contributed by atoms with Gasteiger partial charge in [0, 0.05) is 49.3 Å². The zero-order chi connectivity index (χ0) is 16.4. The highest BCUT2D eigenvalue weighted by Crippen LogP contribution is 2.24. The second-order valence-corrected chi connectivity index (χ2v) is 5.76. The quantitative estimate of drug-likeness (QED) is 0.907. The summed E-state index contributed by atoms with van der Waals surface area (Å²) < 4.78 is 10.2. The first-order valence-corrected chi connectivity index (χ1v) is 7.46. The summed E-state index contributed by atoms with van der Waals surface area (Å²) in [5.74, 6) is 0.923. The Morgan fingerprint density at radius 1 is 1.48 bits per heavy atom. The van der Waals surface area contributed by atoms with Gasteiger partial charge in [0.2, 0.25) is 5.88 Å². The molecule has 0 aliphatic carbocycles. The van der Waals surface area contributed by atoms with Gasteiger partial charge < -0.3 is 19.3 Å². The molecular weight excluding hydrogens is 298 g/mol. The van der Waals surface area contributed by atoms with E-state index in [2.05, 4.69) is 10.1 Å². The predicted octanol–water partition coefficient (Wildman–Crippen LogP) is 1.06. The van der Waals surface area contributed by atoms with E-state index in [9.17, 15) is 9.90 Å². The van der Waals surface area contributed by atoms with Crippen LogP contribution < -0.4 is 4.74 Å². The van der Waals surface area contributed by atoms with Crippen LogP contribution in [0.5, 0.6) is 5.88 Å². The van der Waals surface area contributed by atoms with Crippen molar-refractivity contribution in [1.29, 1.82) is 0 Å². The molecule has 2 aromatic rings. The van der Waals surface area contributed by atoms with Gasteiger partial charge in [0.1, 0.15) is 5.76 Å². The van der Waals surface area contributed by atoms with Gasteiger partial charge in [-0.2, -0.15) is 0 Å². The number of hydrogen-bond donors (Lipinski definition) is 1. The number of nitrogens with zero attached hydrogens (tertiary/aromatic N) is 3. The van der Waals surface area contributed by atoms with Crippen LogP contribution in [0.2, 0.25) is 0 Å². The molecule has 7 heteroatoms. The van der Waals surface area contributed by atoms with Gasteiger partial charge in [0.05, 0.1) is 18.9 Å². The Bertz CT molecular complexity index is 700. The first-order valence-electron chi connectivity index (χ1n) is 7.46. The minimum Gasteiger partial charge on any atom is -0.481 e. The fourth-order valence-corrected chi connectivity index (χ4v) is 2.83. The Balaban J connectivity index is 1.68. The Morgan fingerprint density at radius 2 is 2.30 bits per heavy atom. The molecule has 3 heterocycles. The molecule has 0 bridgehead atoms. The molecule has 0 spiro atoms. The molecule has 2 aromatic heterocycles. The van der Waals surface area contributed by atoms with Crippen molar-refractivity contribution in [2.75, 3.05) is 20.2 Å². The molecule has 3 rings (SSSR count). The van der Waals surface area contributed by atoms with Crippen LogP contribution in [0, 0.1) is 12.8 Å². The van der Waals surface area contributed by atoms with E-state index >= 15 is 0 Å². The molecular formula is C16H19N3O4. The van der Waals surface area contributed by atoms with E-state index < -0.39 is 6.10 Å². The number of carbonyl (C=O) groups excluding carboxylic acids is 1. The van der Waals surface area contributed by atoms with Gasteiger partial charge in [-0.1, -0.05) is 5.16 Å². The molecule has 0 unspecified atom stereocenters. The van der Waals surface area contributed by atoms with Crippen molar-refractivity contribution >= 4 is 5.91 Å². The first-order chi connectivity index (χ1) is 11.1. The van der Waals surface area contributed by atoms with Crippen molar-refractivity contribution in [3.05, 3.63) is 41.4 Å². The standard InChI is InChI=1S/C16H19N3O4/c1-10-5-13(23-18-10)6-12-8-19(9-14(12)20)16(21)11-3-4-17-15(7-11)22-2/h3-5,7,12,14,20H,6,8-9H2,1-2H3/t12-,14-/m1/s1. The monoisotopic (exact) mass is 317 g/mol. The number of ether oxygens (including phenoxy) is 1. The molecule has 1 N–H and O–H groups in total. The summed E-state index contributed by atoms with van der Waals surface area (Å²) in [5.41, 5.74) is 1.31. The number of aryl methyl sites for hydroxylation is 1. The van der Waals surface area contributed by atoms with Crippen LogP contribution in [0.4, 0.5) is 0 Å². The minimum atomic E-state index is -0.576. The zero-order valence-electron chi connectivity index (χ0n) is 13.1. The van der Waals surface area contributed by atoms with Crippen LogP contribution in [0.25, 0.3) is 0 Å². The number of methoxy groups -OCH3 is 1. The van der Waals surface area contributed by atoms with Crippen LogP contribution >= 0.6 is 0 Å². The van der Waals surface area contributed by atoms with Crippen molar-refractivity contribution in [3.63, 3.8) is 0 Å². The molecule has 1 aliphatic rings. The average molecular weight is 317 g/mol. The minimum absolute atomic E-state index is 0.0602. The third-order valence-corrected chi connectivity index (χ3v) is 4.02. The maximum absolute atomic E-state index is 12.6. The predicted molar refractivity (Wildman–Crippen MR) is 81.1 cm³/mol. The number of hydrogen-bond acceptors (Lipinski definition) is 6. The van der Waals surface area contributed by atoms with E-state index in [0.717, 1.165) is 11.5 Å². The average Bonchev–Trinajstić information content (AvgIpc) is 3.13. The maximum Gasteiger partial charge on any atom is 0.254 e. The lowest BCUT2D eigenvalue weighted by Crippen LogP contribution is -2.29. The number of β-amino-alcohol motifs (C(OH)–C–C–N with tert-alkyl or cyclic N) is 1. The first kappa shape index (κ1) is 15.5. The second-order valence-electron chi connectivity index (χ2n) is 5.76. The van der Waals surface area contributed by atoms with Gasteiger partial charge in [-0.3, -0.25) is 4.79 Å². The van der Waals surface area contributed by atoms with E-state index in [1.165, 1.54) is 13.3 Å². The molecule has 2 atom stereocenters. The van der Waals surface area contributed by atoms with Crippen molar-refractivity contribution < 1.29 is 19.2 Å². The molecule has 0 radical (unpaired) electrons. The van der Waals surface area contributed by atoms with Gasteiger partial charge in [0.25, 0.3) is 5.91 Å². The Labute approximate surface area is 133 Å².